The Morgan fingerprint density at radius 1 is 1.57 bits per heavy atom. The highest BCUT2D eigenvalue weighted by atomic mass is 79.9. The third-order valence-corrected chi connectivity index (χ3v) is 4.17. The summed E-state index contributed by atoms with van der Waals surface area (Å²) in [5, 5.41) is 7.22. The van der Waals surface area contributed by atoms with Crippen LogP contribution in [0.2, 0.25) is 0 Å². The number of furan rings is 1. The topological polar surface area (TPSA) is 75.0 Å². The first-order valence-corrected chi connectivity index (χ1v) is 7.92. The Labute approximate surface area is 131 Å². The highest BCUT2D eigenvalue weighted by Crippen LogP contribution is 2.26. The minimum Gasteiger partial charge on any atom is -0.444 e. The molecule has 1 aliphatic rings. The number of aryl methyl sites for hydroxylation is 1. The molecule has 1 atom stereocenters. The van der Waals surface area contributed by atoms with Crippen LogP contribution in [0.5, 0.6) is 0 Å². The lowest BCUT2D eigenvalue weighted by molar-refractivity contribution is 0.0671. The molecule has 2 aromatic rings. The Kier molecular flexibility index (Phi) is 4.10. The summed E-state index contributed by atoms with van der Waals surface area (Å²) >= 11 is 3.22. The number of likely N-dealkylation sites (tertiary alicyclic amines) is 1. The van der Waals surface area contributed by atoms with Crippen molar-refractivity contribution in [3.63, 3.8) is 0 Å². The van der Waals surface area contributed by atoms with Crippen molar-refractivity contribution in [2.24, 2.45) is 0 Å². The number of amides is 1. The van der Waals surface area contributed by atoms with E-state index in [9.17, 15) is 4.79 Å². The summed E-state index contributed by atoms with van der Waals surface area (Å²) in [5.74, 6) is 2.19. The lowest BCUT2D eigenvalue weighted by Crippen LogP contribution is -2.39. The van der Waals surface area contributed by atoms with Crippen molar-refractivity contribution in [2.75, 3.05) is 13.1 Å². The summed E-state index contributed by atoms with van der Waals surface area (Å²) in [5.41, 5.74) is 0. The third-order valence-electron chi connectivity index (χ3n) is 3.74. The number of carbonyl (C=O) groups excluding carboxylic acids is 1. The Morgan fingerprint density at radius 2 is 2.43 bits per heavy atom. The second-order valence-electron chi connectivity index (χ2n) is 5.19. The Morgan fingerprint density at radius 3 is 3.10 bits per heavy atom. The van der Waals surface area contributed by atoms with Crippen molar-refractivity contribution in [1.82, 2.24) is 20.1 Å². The van der Waals surface area contributed by atoms with Gasteiger partial charge in [-0.3, -0.25) is 9.89 Å². The van der Waals surface area contributed by atoms with Crippen LogP contribution < -0.4 is 0 Å². The van der Waals surface area contributed by atoms with E-state index in [4.69, 9.17) is 4.42 Å². The zero-order valence-corrected chi connectivity index (χ0v) is 13.4. The van der Waals surface area contributed by atoms with Crippen LogP contribution >= 0.6 is 15.9 Å². The Bertz CT molecular complexity index is 636. The summed E-state index contributed by atoms with van der Waals surface area (Å²) < 4.78 is 5.92. The molecule has 0 saturated carbocycles. The van der Waals surface area contributed by atoms with E-state index in [2.05, 4.69) is 31.1 Å². The van der Waals surface area contributed by atoms with E-state index in [0.717, 1.165) is 37.5 Å². The number of rotatable bonds is 3. The molecule has 21 heavy (non-hydrogen) atoms. The number of aromatic nitrogens is 3. The van der Waals surface area contributed by atoms with Crippen molar-refractivity contribution in [3.05, 3.63) is 34.2 Å². The Balaban J connectivity index is 1.72. The first-order chi connectivity index (χ1) is 10.2. The van der Waals surface area contributed by atoms with Crippen LogP contribution in [0.15, 0.2) is 21.2 Å². The number of piperidine rings is 1. The van der Waals surface area contributed by atoms with Crippen molar-refractivity contribution < 1.29 is 9.21 Å². The minimum absolute atomic E-state index is 0.0725. The summed E-state index contributed by atoms with van der Waals surface area (Å²) in [4.78, 5) is 18.7. The number of aromatic amines is 1. The summed E-state index contributed by atoms with van der Waals surface area (Å²) in [6.07, 6.45) is 2.80. The highest BCUT2D eigenvalue weighted by molar-refractivity contribution is 9.10. The van der Waals surface area contributed by atoms with Gasteiger partial charge in [0.2, 0.25) is 0 Å². The van der Waals surface area contributed by atoms with Gasteiger partial charge >= 0.3 is 0 Å². The van der Waals surface area contributed by atoms with Gasteiger partial charge in [-0.15, -0.1) is 0 Å². The maximum atomic E-state index is 12.4. The van der Waals surface area contributed by atoms with Gasteiger partial charge in [0.05, 0.1) is 0 Å². The smallest absolute Gasteiger partial charge is 0.289 e. The van der Waals surface area contributed by atoms with Gasteiger partial charge in [0.15, 0.2) is 16.3 Å². The molecule has 1 unspecified atom stereocenters. The van der Waals surface area contributed by atoms with Crippen LogP contribution in [-0.2, 0) is 6.42 Å². The first-order valence-electron chi connectivity index (χ1n) is 7.13. The molecule has 1 fully saturated rings. The van der Waals surface area contributed by atoms with E-state index in [-0.39, 0.29) is 11.8 Å². The lowest BCUT2D eigenvalue weighted by Gasteiger charge is -2.30. The predicted octanol–water partition coefficient (Wildman–Crippen LogP) is 2.74. The molecule has 1 aliphatic heterocycles. The first kappa shape index (κ1) is 14.3. The minimum atomic E-state index is -0.0725. The Hall–Kier alpha value is -1.63. The number of hydrogen-bond donors (Lipinski definition) is 1. The van der Waals surface area contributed by atoms with Gasteiger partial charge in [0.25, 0.3) is 5.91 Å². The molecule has 1 amide bonds. The average Bonchev–Trinajstić information content (AvgIpc) is 3.15. The van der Waals surface area contributed by atoms with E-state index < -0.39 is 0 Å². The van der Waals surface area contributed by atoms with Gasteiger partial charge in [-0.25, -0.2) is 4.98 Å². The molecule has 7 heteroatoms. The monoisotopic (exact) mass is 352 g/mol. The molecule has 0 aromatic carbocycles. The van der Waals surface area contributed by atoms with Crippen molar-refractivity contribution in [3.8, 4) is 0 Å². The molecule has 1 saturated heterocycles. The van der Waals surface area contributed by atoms with Crippen molar-refractivity contribution in [1.29, 1.82) is 0 Å². The quantitative estimate of drug-likeness (QED) is 0.921. The molecule has 6 nitrogen and oxygen atoms in total. The van der Waals surface area contributed by atoms with Gasteiger partial charge in [-0.2, -0.15) is 5.10 Å². The molecule has 0 spiro atoms. The molecule has 0 aliphatic carbocycles. The predicted molar refractivity (Wildman–Crippen MR) is 80.0 cm³/mol. The molecular formula is C14H17BrN4O2. The summed E-state index contributed by atoms with van der Waals surface area (Å²) in [7, 11) is 0. The molecule has 3 heterocycles. The number of H-pyrrole nitrogens is 1. The molecule has 112 valence electrons. The van der Waals surface area contributed by atoms with Crippen LogP contribution in [0, 0.1) is 0 Å². The van der Waals surface area contributed by atoms with Gasteiger partial charge in [0.1, 0.15) is 5.82 Å². The fraction of sp³-hybridized carbons (Fsp3) is 0.500. The average molecular weight is 353 g/mol. The molecule has 0 bridgehead atoms. The number of carbonyl (C=O) groups is 1. The van der Waals surface area contributed by atoms with Gasteiger partial charge in [0, 0.05) is 25.4 Å². The molecular weight excluding hydrogens is 336 g/mol. The zero-order valence-electron chi connectivity index (χ0n) is 11.8. The second kappa shape index (κ2) is 6.01. The molecule has 1 N–H and O–H groups in total. The number of halogens is 1. The number of nitrogens with one attached hydrogen (secondary N) is 1. The maximum absolute atomic E-state index is 12.4. The van der Waals surface area contributed by atoms with Crippen molar-refractivity contribution in [2.45, 2.75) is 32.1 Å². The normalized spacial score (nSPS) is 19.0. The molecule has 2 aromatic heterocycles. The largest absolute Gasteiger partial charge is 0.444 e. The SMILES string of the molecule is CCc1nc(C2CCCN(C(=O)c3ccc(Br)o3)C2)n[nH]1. The van der Waals surface area contributed by atoms with E-state index in [1.807, 2.05) is 11.8 Å². The van der Waals surface area contributed by atoms with Crippen LogP contribution in [0.1, 0.15) is 47.9 Å². The maximum Gasteiger partial charge on any atom is 0.289 e. The standard InChI is InChI=1S/C14H17BrN4O2/c1-2-12-16-13(18-17-12)9-4-3-7-19(8-9)14(20)10-5-6-11(15)21-10/h5-6,9H,2-4,7-8H2,1H3,(H,16,17,18). The van der Waals surface area contributed by atoms with E-state index >= 15 is 0 Å². The number of nitrogens with zero attached hydrogens (tertiary/aromatic N) is 3. The number of hydrogen-bond acceptors (Lipinski definition) is 4. The zero-order chi connectivity index (χ0) is 14.8. The third kappa shape index (κ3) is 3.02. The van der Waals surface area contributed by atoms with Crippen molar-refractivity contribution >= 4 is 21.8 Å². The van der Waals surface area contributed by atoms with Crippen LogP contribution in [0.4, 0.5) is 0 Å². The van der Waals surface area contributed by atoms with E-state index in [1.54, 1.807) is 12.1 Å². The second-order valence-corrected chi connectivity index (χ2v) is 5.97. The molecule has 3 rings (SSSR count). The fourth-order valence-corrected chi connectivity index (χ4v) is 2.91. The lowest BCUT2D eigenvalue weighted by atomic mass is 9.97. The summed E-state index contributed by atoms with van der Waals surface area (Å²) in [6, 6.07) is 3.43. The highest BCUT2D eigenvalue weighted by Gasteiger charge is 2.29. The van der Waals surface area contributed by atoms with Crippen LogP contribution in [0.25, 0.3) is 0 Å². The van der Waals surface area contributed by atoms with Crippen LogP contribution in [0.3, 0.4) is 0 Å². The fourth-order valence-electron chi connectivity index (χ4n) is 2.61. The summed E-state index contributed by atoms with van der Waals surface area (Å²) in [6.45, 7) is 3.42. The van der Waals surface area contributed by atoms with E-state index in [0.29, 0.717) is 17.0 Å². The van der Waals surface area contributed by atoms with Crippen LogP contribution in [-0.4, -0.2) is 39.1 Å². The van der Waals surface area contributed by atoms with Gasteiger partial charge in [-0.05, 0) is 40.9 Å². The van der Waals surface area contributed by atoms with Gasteiger partial charge in [-0.1, -0.05) is 6.92 Å². The molecule has 0 radical (unpaired) electrons. The van der Waals surface area contributed by atoms with E-state index in [1.165, 1.54) is 0 Å². The van der Waals surface area contributed by atoms with Gasteiger partial charge < -0.3 is 9.32 Å².